The number of imidazole rings is 1. The number of hydrogen-bond acceptors (Lipinski definition) is 4. The maximum atomic E-state index is 12.8. The maximum absolute atomic E-state index is 12.8. The zero-order valence-corrected chi connectivity index (χ0v) is 14.9. The maximum Gasteiger partial charge on any atom is 0.387 e. The molecule has 148 valence electrons. The van der Waals surface area contributed by atoms with E-state index in [4.69, 9.17) is 0 Å². The Balaban J connectivity index is 1.86. The highest BCUT2D eigenvalue weighted by Gasteiger charge is 2.16. The fraction of sp³-hybridized carbons (Fsp3) is 0.412. The average molecular weight is 388 g/mol. The minimum atomic E-state index is -2.89. The number of alkyl halides is 4. The van der Waals surface area contributed by atoms with E-state index in [-0.39, 0.29) is 37.1 Å². The number of ether oxygens (including phenoxy) is 1. The summed E-state index contributed by atoms with van der Waals surface area (Å²) in [5.41, 5.74) is 0.739. The van der Waals surface area contributed by atoms with Crippen LogP contribution < -0.4 is 4.74 Å². The van der Waals surface area contributed by atoms with Crippen molar-refractivity contribution in [2.45, 2.75) is 26.3 Å². The quantitative estimate of drug-likeness (QED) is 0.620. The van der Waals surface area contributed by atoms with Crippen molar-refractivity contribution >= 4 is 5.91 Å². The molecule has 0 fully saturated rings. The van der Waals surface area contributed by atoms with Crippen molar-refractivity contribution in [1.82, 2.24) is 19.4 Å². The van der Waals surface area contributed by atoms with Crippen molar-refractivity contribution in [1.29, 1.82) is 0 Å². The molecule has 0 N–H and O–H groups in total. The summed E-state index contributed by atoms with van der Waals surface area (Å²) in [6.07, 6.45) is 2.47. The molecule has 0 aliphatic rings. The van der Waals surface area contributed by atoms with Crippen molar-refractivity contribution < 1.29 is 27.1 Å². The molecule has 0 bridgehead atoms. The van der Waals surface area contributed by atoms with Crippen LogP contribution in [0.4, 0.5) is 17.6 Å². The second-order valence-electron chi connectivity index (χ2n) is 5.97. The lowest BCUT2D eigenvalue weighted by Gasteiger charge is -2.22. The van der Waals surface area contributed by atoms with Gasteiger partial charge in [-0.1, -0.05) is 12.1 Å². The van der Waals surface area contributed by atoms with Gasteiger partial charge in [0.05, 0.1) is 13.1 Å². The monoisotopic (exact) mass is 388 g/mol. The van der Waals surface area contributed by atoms with Gasteiger partial charge in [0.2, 0.25) is 5.91 Å². The summed E-state index contributed by atoms with van der Waals surface area (Å²) in [6, 6.07) is 5.97. The van der Waals surface area contributed by atoms with Gasteiger partial charge in [-0.25, -0.2) is 4.98 Å². The summed E-state index contributed by atoms with van der Waals surface area (Å²) in [4.78, 5) is 19.2. The summed E-state index contributed by atoms with van der Waals surface area (Å²) in [7, 11) is 3.23. The molecular formula is C17H20F4N4O2. The molecular weight excluding hydrogens is 368 g/mol. The molecule has 10 heteroatoms. The van der Waals surface area contributed by atoms with E-state index < -0.39 is 13.2 Å². The third-order valence-corrected chi connectivity index (χ3v) is 3.77. The normalized spacial score (nSPS) is 11.4. The third kappa shape index (κ3) is 6.24. The first-order valence-electron chi connectivity index (χ1n) is 8.02. The minimum Gasteiger partial charge on any atom is -0.435 e. The molecule has 0 aliphatic heterocycles. The predicted molar refractivity (Wildman–Crippen MR) is 89.4 cm³/mol. The highest BCUT2D eigenvalue weighted by atomic mass is 19.3. The van der Waals surface area contributed by atoms with Crippen molar-refractivity contribution in [3.8, 4) is 5.75 Å². The summed E-state index contributed by atoms with van der Waals surface area (Å²) >= 11 is 0. The summed E-state index contributed by atoms with van der Waals surface area (Å²) < 4.78 is 54.9. The summed E-state index contributed by atoms with van der Waals surface area (Å²) in [5.74, 6) is -0.0184. The first kappa shape index (κ1) is 20.7. The molecule has 27 heavy (non-hydrogen) atoms. The Morgan fingerprint density at radius 2 is 1.81 bits per heavy atom. The number of carbonyl (C=O) groups is 1. The number of carbonyl (C=O) groups excluding carboxylic acids is 1. The van der Waals surface area contributed by atoms with Gasteiger partial charge < -0.3 is 9.64 Å². The van der Waals surface area contributed by atoms with E-state index in [0.717, 1.165) is 10.1 Å². The first-order chi connectivity index (χ1) is 12.8. The lowest BCUT2D eigenvalue weighted by molar-refractivity contribution is -0.131. The van der Waals surface area contributed by atoms with Crippen LogP contribution >= 0.6 is 0 Å². The van der Waals surface area contributed by atoms with Crippen LogP contribution in [0.15, 0.2) is 36.7 Å². The van der Waals surface area contributed by atoms with Crippen LogP contribution in [0.1, 0.15) is 17.9 Å². The van der Waals surface area contributed by atoms with E-state index in [1.807, 2.05) is 0 Å². The van der Waals surface area contributed by atoms with Gasteiger partial charge in [0.1, 0.15) is 11.6 Å². The van der Waals surface area contributed by atoms with Crippen LogP contribution in [-0.4, -0.2) is 52.5 Å². The number of benzene rings is 1. The van der Waals surface area contributed by atoms with Gasteiger partial charge in [-0.3, -0.25) is 14.3 Å². The van der Waals surface area contributed by atoms with E-state index in [9.17, 15) is 22.4 Å². The lowest BCUT2D eigenvalue weighted by atomic mass is 10.2. The van der Waals surface area contributed by atoms with Gasteiger partial charge >= 0.3 is 13.2 Å². The Hall–Kier alpha value is -2.62. The molecule has 1 heterocycles. The highest BCUT2D eigenvalue weighted by Crippen LogP contribution is 2.16. The Morgan fingerprint density at radius 1 is 1.15 bits per heavy atom. The summed E-state index contributed by atoms with van der Waals surface area (Å²) in [6.45, 7) is -5.20. The average Bonchev–Trinajstić information content (AvgIpc) is 3.04. The zero-order valence-electron chi connectivity index (χ0n) is 14.9. The van der Waals surface area contributed by atoms with Crippen LogP contribution in [0, 0.1) is 0 Å². The van der Waals surface area contributed by atoms with Gasteiger partial charge in [0.15, 0.2) is 0 Å². The van der Waals surface area contributed by atoms with Gasteiger partial charge in [-0.15, -0.1) is 0 Å². The zero-order chi connectivity index (χ0) is 20.0. The van der Waals surface area contributed by atoms with Crippen molar-refractivity contribution in [3.05, 3.63) is 48.0 Å². The van der Waals surface area contributed by atoms with E-state index >= 15 is 0 Å². The summed E-state index contributed by atoms with van der Waals surface area (Å²) in [5, 5.41) is 0. The molecule has 0 radical (unpaired) electrons. The van der Waals surface area contributed by atoms with Gasteiger partial charge in [-0.2, -0.15) is 17.6 Å². The van der Waals surface area contributed by atoms with Crippen LogP contribution in [0.3, 0.4) is 0 Å². The number of likely N-dealkylation sites (N-methyl/N-ethyl adjacent to an activating group) is 2. The van der Waals surface area contributed by atoms with E-state index in [1.165, 1.54) is 29.4 Å². The second-order valence-corrected chi connectivity index (χ2v) is 5.97. The van der Waals surface area contributed by atoms with Crippen LogP contribution in [0.25, 0.3) is 0 Å². The first-order valence-corrected chi connectivity index (χ1v) is 8.02. The number of aromatic nitrogens is 2. The lowest BCUT2D eigenvalue weighted by Crippen LogP contribution is -2.36. The van der Waals surface area contributed by atoms with Crippen molar-refractivity contribution in [3.63, 3.8) is 0 Å². The Kier molecular flexibility index (Phi) is 7.17. The standard InChI is InChI=1S/C17H20F4N4O2/c1-23(10-14-22-7-8-25(14)16(18)19)11-15(26)24(2)9-12-3-5-13(6-4-12)27-17(20)21/h3-8,16-17H,9-11H2,1-2H3. The number of nitrogens with zero attached hydrogens (tertiary/aromatic N) is 4. The third-order valence-electron chi connectivity index (χ3n) is 3.77. The number of hydrogen-bond donors (Lipinski definition) is 0. The second kappa shape index (κ2) is 9.36. The largest absolute Gasteiger partial charge is 0.435 e. The van der Waals surface area contributed by atoms with Crippen LogP contribution in [0.5, 0.6) is 5.75 Å². The van der Waals surface area contributed by atoms with Crippen molar-refractivity contribution in [2.24, 2.45) is 0 Å². The number of amides is 1. The molecule has 1 aromatic carbocycles. The van der Waals surface area contributed by atoms with Gasteiger partial charge in [-0.05, 0) is 24.7 Å². The highest BCUT2D eigenvalue weighted by molar-refractivity contribution is 5.77. The molecule has 0 atom stereocenters. The molecule has 0 saturated carbocycles. The fourth-order valence-electron chi connectivity index (χ4n) is 2.43. The molecule has 2 rings (SSSR count). The number of halogens is 4. The molecule has 0 unspecified atom stereocenters. The molecule has 6 nitrogen and oxygen atoms in total. The molecule has 0 aliphatic carbocycles. The topological polar surface area (TPSA) is 50.6 Å². The number of rotatable bonds is 9. The fourth-order valence-corrected chi connectivity index (χ4v) is 2.43. The van der Waals surface area contributed by atoms with Crippen LogP contribution in [0.2, 0.25) is 0 Å². The van der Waals surface area contributed by atoms with Crippen LogP contribution in [-0.2, 0) is 17.9 Å². The molecule has 1 amide bonds. The van der Waals surface area contributed by atoms with Gasteiger partial charge in [0.25, 0.3) is 0 Å². The molecule has 1 aromatic heterocycles. The van der Waals surface area contributed by atoms with Crippen molar-refractivity contribution in [2.75, 3.05) is 20.6 Å². The Morgan fingerprint density at radius 3 is 2.41 bits per heavy atom. The minimum absolute atomic E-state index is 0.0131. The molecule has 0 spiro atoms. The van der Waals surface area contributed by atoms with Gasteiger partial charge in [0, 0.05) is 26.0 Å². The molecule has 0 saturated heterocycles. The smallest absolute Gasteiger partial charge is 0.387 e. The molecule has 2 aromatic rings. The Bertz CT molecular complexity index is 737. The van der Waals surface area contributed by atoms with E-state index in [1.54, 1.807) is 31.1 Å². The predicted octanol–water partition coefficient (Wildman–Crippen LogP) is 2.97. The van der Waals surface area contributed by atoms with E-state index in [0.29, 0.717) is 0 Å². The Labute approximate surface area is 154 Å². The SMILES string of the molecule is CN(CC(=O)N(C)Cc1ccc(OC(F)F)cc1)Cc1nccn1C(F)F. The van der Waals surface area contributed by atoms with E-state index in [2.05, 4.69) is 9.72 Å².